The van der Waals surface area contributed by atoms with Crippen molar-refractivity contribution in [1.29, 1.82) is 0 Å². The molecule has 0 amide bonds. The highest BCUT2D eigenvalue weighted by Crippen LogP contribution is 2.21. The third-order valence-electron chi connectivity index (χ3n) is 3.24. The van der Waals surface area contributed by atoms with E-state index < -0.39 is 0 Å². The fraction of sp³-hybridized carbons (Fsp3) is 0.533. The molecule has 0 unspecified atom stereocenters. The summed E-state index contributed by atoms with van der Waals surface area (Å²) in [6.07, 6.45) is 2.16. The Morgan fingerprint density at radius 3 is 2.84 bits per heavy atom. The van der Waals surface area contributed by atoms with E-state index in [4.69, 9.17) is 4.98 Å². The third-order valence-corrected chi connectivity index (χ3v) is 3.73. The summed E-state index contributed by atoms with van der Waals surface area (Å²) in [5.74, 6) is 1.20. The summed E-state index contributed by atoms with van der Waals surface area (Å²) in [7, 11) is 0. The summed E-state index contributed by atoms with van der Waals surface area (Å²) >= 11 is 3.51. The maximum Gasteiger partial charge on any atom is 0.109 e. The quantitative estimate of drug-likeness (QED) is 0.820. The van der Waals surface area contributed by atoms with Gasteiger partial charge in [0.15, 0.2) is 0 Å². The van der Waals surface area contributed by atoms with E-state index in [0.717, 1.165) is 35.9 Å². The Labute approximate surface area is 123 Å². The Morgan fingerprint density at radius 1 is 1.37 bits per heavy atom. The third kappa shape index (κ3) is 3.57. The molecule has 1 aromatic carbocycles. The summed E-state index contributed by atoms with van der Waals surface area (Å²) in [4.78, 5) is 4.77. The second kappa shape index (κ2) is 6.53. The fourth-order valence-electron chi connectivity index (χ4n) is 2.33. The number of rotatable bonds is 6. The molecule has 0 aliphatic rings. The summed E-state index contributed by atoms with van der Waals surface area (Å²) in [5.41, 5.74) is 2.32. The molecule has 0 atom stereocenters. The van der Waals surface area contributed by atoms with Crippen molar-refractivity contribution in [3.8, 4) is 0 Å². The minimum absolute atomic E-state index is 0.556. The fourth-order valence-corrected chi connectivity index (χ4v) is 2.68. The van der Waals surface area contributed by atoms with Crippen molar-refractivity contribution >= 4 is 27.0 Å². The van der Waals surface area contributed by atoms with E-state index in [1.54, 1.807) is 0 Å². The van der Waals surface area contributed by atoms with Gasteiger partial charge in [0.2, 0.25) is 0 Å². The molecule has 0 aliphatic heterocycles. The van der Waals surface area contributed by atoms with Gasteiger partial charge in [0, 0.05) is 23.5 Å². The second-order valence-corrected chi connectivity index (χ2v) is 6.03. The van der Waals surface area contributed by atoms with Gasteiger partial charge < -0.3 is 9.88 Å². The number of halogens is 1. The van der Waals surface area contributed by atoms with Crippen LogP contribution in [0.15, 0.2) is 22.7 Å². The van der Waals surface area contributed by atoms with Crippen LogP contribution in [0.3, 0.4) is 0 Å². The number of fused-ring (bicyclic) bond motifs is 1. The standard InChI is InChI=1S/C15H22BrN3/c1-4-19-14-8-7-12(16)10-13(14)18-15(19)6-5-9-17-11(2)3/h7-8,10-11,17H,4-6,9H2,1-3H3. The number of aryl methyl sites for hydroxylation is 2. The van der Waals surface area contributed by atoms with Crippen LogP contribution < -0.4 is 5.32 Å². The first-order chi connectivity index (χ1) is 9.11. The number of hydrogen-bond donors (Lipinski definition) is 1. The number of nitrogens with zero attached hydrogens (tertiary/aromatic N) is 2. The van der Waals surface area contributed by atoms with Gasteiger partial charge in [0.1, 0.15) is 5.82 Å². The largest absolute Gasteiger partial charge is 0.328 e. The molecule has 0 radical (unpaired) electrons. The molecule has 0 saturated heterocycles. The minimum Gasteiger partial charge on any atom is -0.328 e. The minimum atomic E-state index is 0.556. The van der Waals surface area contributed by atoms with E-state index in [0.29, 0.717) is 6.04 Å². The van der Waals surface area contributed by atoms with Crippen LogP contribution in [0.5, 0.6) is 0 Å². The lowest BCUT2D eigenvalue weighted by Crippen LogP contribution is -2.24. The summed E-state index contributed by atoms with van der Waals surface area (Å²) in [5, 5.41) is 3.45. The number of hydrogen-bond acceptors (Lipinski definition) is 2. The summed E-state index contributed by atoms with van der Waals surface area (Å²) < 4.78 is 3.41. The van der Waals surface area contributed by atoms with E-state index in [1.165, 1.54) is 11.3 Å². The van der Waals surface area contributed by atoms with Crippen LogP contribution in [0.1, 0.15) is 33.0 Å². The average Bonchev–Trinajstić information content (AvgIpc) is 2.70. The van der Waals surface area contributed by atoms with Gasteiger partial charge in [-0.1, -0.05) is 29.8 Å². The second-order valence-electron chi connectivity index (χ2n) is 5.12. The maximum absolute atomic E-state index is 4.77. The van der Waals surface area contributed by atoms with Crippen molar-refractivity contribution in [2.75, 3.05) is 6.54 Å². The van der Waals surface area contributed by atoms with Gasteiger partial charge in [0.25, 0.3) is 0 Å². The lowest BCUT2D eigenvalue weighted by atomic mass is 10.2. The molecular formula is C15H22BrN3. The van der Waals surface area contributed by atoms with Gasteiger partial charge in [-0.15, -0.1) is 0 Å². The predicted octanol–water partition coefficient (Wildman–Crippen LogP) is 3.75. The van der Waals surface area contributed by atoms with Crippen molar-refractivity contribution in [2.24, 2.45) is 0 Å². The van der Waals surface area contributed by atoms with Crippen LogP contribution in [-0.2, 0) is 13.0 Å². The first kappa shape index (κ1) is 14.5. The van der Waals surface area contributed by atoms with Gasteiger partial charge in [-0.05, 0) is 38.1 Å². The first-order valence-electron chi connectivity index (χ1n) is 7.00. The highest BCUT2D eigenvalue weighted by Gasteiger charge is 2.09. The Hall–Kier alpha value is -0.870. The van der Waals surface area contributed by atoms with Gasteiger partial charge in [-0.25, -0.2) is 4.98 Å². The van der Waals surface area contributed by atoms with Crippen molar-refractivity contribution in [3.05, 3.63) is 28.5 Å². The van der Waals surface area contributed by atoms with Gasteiger partial charge >= 0.3 is 0 Å². The molecule has 2 rings (SSSR count). The van der Waals surface area contributed by atoms with E-state index in [1.807, 2.05) is 0 Å². The Morgan fingerprint density at radius 2 is 2.16 bits per heavy atom. The maximum atomic E-state index is 4.77. The van der Waals surface area contributed by atoms with E-state index >= 15 is 0 Å². The van der Waals surface area contributed by atoms with Crippen LogP contribution in [-0.4, -0.2) is 22.1 Å². The number of benzene rings is 1. The molecule has 1 heterocycles. The molecular weight excluding hydrogens is 302 g/mol. The number of imidazole rings is 1. The molecule has 1 N–H and O–H groups in total. The van der Waals surface area contributed by atoms with Crippen LogP contribution in [0, 0.1) is 0 Å². The molecule has 19 heavy (non-hydrogen) atoms. The number of nitrogens with one attached hydrogen (secondary N) is 1. The molecule has 0 saturated carbocycles. The van der Waals surface area contributed by atoms with E-state index in [-0.39, 0.29) is 0 Å². The monoisotopic (exact) mass is 323 g/mol. The van der Waals surface area contributed by atoms with Crippen LogP contribution in [0.25, 0.3) is 11.0 Å². The van der Waals surface area contributed by atoms with Crippen molar-refractivity contribution in [2.45, 2.75) is 46.2 Å². The SMILES string of the molecule is CCn1c(CCCNC(C)C)nc2cc(Br)ccc21. The van der Waals surface area contributed by atoms with Crippen molar-refractivity contribution in [3.63, 3.8) is 0 Å². The topological polar surface area (TPSA) is 29.9 Å². The smallest absolute Gasteiger partial charge is 0.109 e. The summed E-state index contributed by atoms with van der Waals surface area (Å²) in [6.45, 7) is 8.57. The van der Waals surface area contributed by atoms with Gasteiger partial charge in [0.05, 0.1) is 11.0 Å². The first-order valence-corrected chi connectivity index (χ1v) is 7.79. The molecule has 0 fully saturated rings. The molecule has 0 spiro atoms. The van der Waals surface area contributed by atoms with Gasteiger partial charge in [-0.3, -0.25) is 0 Å². The van der Waals surface area contributed by atoms with Crippen molar-refractivity contribution in [1.82, 2.24) is 14.9 Å². The lowest BCUT2D eigenvalue weighted by molar-refractivity contribution is 0.560. The number of aromatic nitrogens is 2. The molecule has 104 valence electrons. The molecule has 0 aliphatic carbocycles. The molecule has 1 aromatic heterocycles. The highest BCUT2D eigenvalue weighted by molar-refractivity contribution is 9.10. The predicted molar refractivity (Wildman–Crippen MR) is 84.6 cm³/mol. The lowest BCUT2D eigenvalue weighted by Gasteiger charge is -2.08. The Kier molecular flexibility index (Phi) is 4.99. The normalized spacial score (nSPS) is 11.6. The van der Waals surface area contributed by atoms with Gasteiger partial charge in [-0.2, -0.15) is 0 Å². The van der Waals surface area contributed by atoms with Crippen LogP contribution in [0.2, 0.25) is 0 Å². The average molecular weight is 324 g/mol. The zero-order chi connectivity index (χ0) is 13.8. The van der Waals surface area contributed by atoms with Crippen molar-refractivity contribution < 1.29 is 0 Å². The van der Waals surface area contributed by atoms with E-state index in [2.05, 4.69) is 64.8 Å². The van der Waals surface area contributed by atoms with Crippen LogP contribution in [0.4, 0.5) is 0 Å². The zero-order valence-electron chi connectivity index (χ0n) is 11.9. The summed E-state index contributed by atoms with van der Waals surface area (Å²) in [6, 6.07) is 6.88. The molecule has 0 bridgehead atoms. The molecule has 2 aromatic rings. The molecule has 3 nitrogen and oxygen atoms in total. The highest BCUT2D eigenvalue weighted by atomic mass is 79.9. The Bertz CT molecular complexity index is 546. The Balaban J connectivity index is 2.13. The molecule has 4 heteroatoms. The van der Waals surface area contributed by atoms with E-state index in [9.17, 15) is 0 Å². The van der Waals surface area contributed by atoms with Crippen LogP contribution >= 0.6 is 15.9 Å². The zero-order valence-corrected chi connectivity index (χ0v) is 13.5.